The van der Waals surface area contributed by atoms with Gasteiger partial charge in [0.25, 0.3) is 0 Å². The zero-order chi connectivity index (χ0) is 15.2. The van der Waals surface area contributed by atoms with Gasteiger partial charge in [-0.1, -0.05) is 13.3 Å². The summed E-state index contributed by atoms with van der Waals surface area (Å²) in [5.74, 6) is -0.0708. The fourth-order valence-corrected chi connectivity index (χ4v) is 2.47. The lowest BCUT2D eigenvalue weighted by molar-refractivity contribution is -0.138. The highest BCUT2D eigenvalue weighted by atomic mass is 19.4. The number of alkyl halides is 3. The molecular formula is C13H23F3N2O2. The summed E-state index contributed by atoms with van der Waals surface area (Å²) in [5.41, 5.74) is -0.837. The first kappa shape index (κ1) is 17.2. The van der Waals surface area contributed by atoms with Crippen LogP contribution in [0.2, 0.25) is 0 Å². The van der Waals surface area contributed by atoms with Crippen LogP contribution in [-0.2, 0) is 4.79 Å². The summed E-state index contributed by atoms with van der Waals surface area (Å²) >= 11 is 0. The summed E-state index contributed by atoms with van der Waals surface area (Å²) in [6, 6.07) is 0. The number of hydrogen-bond donors (Lipinski definition) is 3. The topological polar surface area (TPSA) is 61.4 Å². The Morgan fingerprint density at radius 3 is 2.45 bits per heavy atom. The summed E-state index contributed by atoms with van der Waals surface area (Å²) in [5, 5.41) is 14.8. The third-order valence-electron chi connectivity index (χ3n) is 3.84. The van der Waals surface area contributed by atoms with Gasteiger partial charge in [-0.3, -0.25) is 4.79 Å². The number of amides is 1. The van der Waals surface area contributed by atoms with Crippen molar-refractivity contribution in [2.75, 3.05) is 19.6 Å². The normalized spacial score (nSPS) is 27.4. The Bertz CT molecular complexity index is 313. The number of hydrogen-bond acceptors (Lipinski definition) is 3. The number of aliphatic hydroxyl groups is 1. The highest BCUT2D eigenvalue weighted by Gasteiger charge is 2.32. The monoisotopic (exact) mass is 296 g/mol. The molecule has 118 valence electrons. The van der Waals surface area contributed by atoms with Crippen LogP contribution in [0.4, 0.5) is 13.2 Å². The van der Waals surface area contributed by atoms with Crippen molar-refractivity contribution in [2.45, 2.75) is 50.8 Å². The molecule has 1 aliphatic carbocycles. The van der Waals surface area contributed by atoms with Crippen LogP contribution < -0.4 is 10.6 Å². The van der Waals surface area contributed by atoms with E-state index in [9.17, 15) is 23.1 Å². The fourth-order valence-electron chi connectivity index (χ4n) is 2.47. The number of nitrogens with one attached hydrogen (secondary N) is 2. The molecule has 0 saturated heterocycles. The first-order valence-electron chi connectivity index (χ1n) is 7.00. The Balaban J connectivity index is 2.19. The number of carbonyl (C=O) groups is 1. The summed E-state index contributed by atoms with van der Waals surface area (Å²) in [6.45, 7) is 0.826. The molecule has 1 saturated carbocycles. The predicted octanol–water partition coefficient (Wildman–Crippen LogP) is 1.59. The van der Waals surface area contributed by atoms with Crippen molar-refractivity contribution >= 4 is 5.91 Å². The summed E-state index contributed by atoms with van der Waals surface area (Å²) in [4.78, 5) is 11.2. The maximum atomic E-state index is 11.9. The standard InChI is InChI=1S/C13H23F3N2O2/c1-2-10-3-5-12(20,6-4-10)8-17-7-11(19)18-9-13(14,15)16/h10,17,20H,2-9H2,1H3,(H,18,19). The molecule has 4 nitrogen and oxygen atoms in total. The predicted molar refractivity (Wildman–Crippen MR) is 69.1 cm³/mol. The first-order valence-corrected chi connectivity index (χ1v) is 7.00. The lowest BCUT2D eigenvalue weighted by atomic mass is 9.78. The lowest BCUT2D eigenvalue weighted by Gasteiger charge is -2.36. The molecule has 0 bridgehead atoms. The van der Waals surface area contributed by atoms with E-state index in [0.717, 1.165) is 19.3 Å². The average Bonchev–Trinajstić information content (AvgIpc) is 2.36. The van der Waals surface area contributed by atoms with Gasteiger partial charge in [-0.05, 0) is 31.6 Å². The molecule has 1 rings (SSSR count). The molecule has 1 amide bonds. The van der Waals surface area contributed by atoms with Crippen LogP contribution in [0.25, 0.3) is 0 Å². The molecule has 0 aromatic heterocycles. The molecule has 0 radical (unpaired) electrons. The summed E-state index contributed by atoms with van der Waals surface area (Å²) in [6.07, 6.45) is -0.0506. The van der Waals surface area contributed by atoms with E-state index in [0.29, 0.717) is 18.8 Å². The van der Waals surface area contributed by atoms with Gasteiger partial charge in [0.15, 0.2) is 0 Å². The molecule has 0 unspecified atom stereocenters. The molecule has 0 aromatic carbocycles. The molecule has 0 aliphatic heterocycles. The summed E-state index contributed by atoms with van der Waals surface area (Å²) < 4.78 is 35.7. The van der Waals surface area contributed by atoms with Crippen molar-refractivity contribution in [1.29, 1.82) is 0 Å². The zero-order valence-electron chi connectivity index (χ0n) is 11.7. The van der Waals surface area contributed by atoms with Gasteiger partial charge in [0.1, 0.15) is 6.54 Å². The van der Waals surface area contributed by atoms with E-state index < -0.39 is 24.2 Å². The highest BCUT2D eigenvalue weighted by molar-refractivity contribution is 5.78. The van der Waals surface area contributed by atoms with Gasteiger partial charge < -0.3 is 15.7 Å². The van der Waals surface area contributed by atoms with Gasteiger partial charge in [-0.25, -0.2) is 0 Å². The van der Waals surface area contributed by atoms with Crippen molar-refractivity contribution in [3.8, 4) is 0 Å². The number of rotatable bonds is 6. The first-order chi connectivity index (χ1) is 9.24. The van der Waals surface area contributed by atoms with E-state index in [-0.39, 0.29) is 13.1 Å². The van der Waals surface area contributed by atoms with Crippen LogP contribution in [0, 0.1) is 5.92 Å². The maximum absolute atomic E-state index is 11.9. The molecule has 7 heteroatoms. The second-order valence-corrected chi connectivity index (χ2v) is 5.57. The minimum atomic E-state index is -4.40. The number of carbonyl (C=O) groups excluding carboxylic acids is 1. The lowest BCUT2D eigenvalue weighted by Crippen LogP contribution is -2.47. The molecular weight excluding hydrogens is 273 g/mol. The smallest absolute Gasteiger partial charge is 0.389 e. The molecule has 0 atom stereocenters. The van der Waals surface area contributed by atoms with E-state index >= 15 is 0 Å². The van der Waals surface area contributed by atoms with Gasteiger partial charge in [0.2, 0.25) is 5.91 Å². The Kier molecular flexibility index (Phi) is 6.26. The average molecular weight is 296 g/mol. The van der Waals surface area contributed by atoms with Crippen LogP contribution in [0.15, 0.2) is 0 Å². The molecule has 0 heterocycles. The van der Waals surface area contributed by atoms with Crippen molar-refractivity contribution in [2.24, 2.45) is 5.92 Å². The third-order valence-corrected chi connectivity index (χ3v) is 3.84. The van der Waals surface area contributed by atoms with E-state index in [1.54, 1.807) is 5.32 Å². The minimum Gasteiger partial charge on any atom is -0.389 e. The van der Waals surface area contributed by atoms with Crippen LogP contribution in [-0.4, -0.2) is 42.4 Å². The largest absolute Gasteiger partial charge is 0.405 e. The fraction of sp³-hybridized carbons (Fsp3) is 0.923. The van der Waals surface area contributed by atoms with Crippen LogP contribution in [0.5, 0.6) is 0 Å². The van der Waals surface area contributed by atoms with Crippen LogP contribution in [0.3, 0.4) is 0 Å². The molecule has 1 aliphatic rings. The molecule has 0 spiro atoms. The van der Waals surface area contributed by atoms with E-state index in [1.165, 1.54) is 0 Å². The molecule has 3 N–H and O–H groups in total. The van der Waals surface area contributed by atoms with E-state index in [4.69, 9.17) is 0 Å². The summed E-state index contributed by atoms with van der Waals surface area (Å²) in [7, 11) is 0. The molecule has 1 fully saturated rings. The molecule has 0 aromatic rings. The van der Waals surface area contributed by atoms with Crippen molar-refractivity contribution in [3.63, 3.8) is 0 Å². The quantitative estimate of drug-likeness (QED) is 0.697. The highest BCUT2D eigenvalue weighted by Crippen LogP contribution is 2.33. The van der Waals surface area contributed by atoms with Gasteiger partial charge in [0.05, 0.1) is 12.1 Å². The maximum Gasteiger partial charge on any atom is 0.405 e. The minimum absolute atomic E-state index is 0.213. The van der Waals surface area contributed by atoms with Crippen LogP contribution >= 0.6 is 0 Å². The Hall–Kier alpha value is -0.820. The van der Waals surface area contributed by atoms with Crippen molar-refractivity contribution < 1.29 is 23.1 Å². The van der Waals surface area contributed by atoms with Gasteiger partial charge in [-0.2, -0.15) is 13.2 Å². The SMILES string of the molecule is CCC1CCC(O)(CNCC(=O)NCC(F)(F)F)CC1. The Morgan fingerprint density at radius 2 is 1.95 bits per heavy atom. The molecule has 20 heavy (non-hydrogen) atoms. The second kappa shape index (κ2) is 7.26. The van der Waals surface area contributed by atoms with Gasteiger partial charge in [-0.15, -0.1) is 0 Å². The van der Waals surface area contributed by atoms with E-state index in [2.05, 4.69) is 12.2 Å². The van der Waals surface area contributed by atoms with Gasteiger partial charge >= 0.3 is 6.18 Å². The van der Waals surface area contributed by atoms with Gasteiger partial charge in [0, 0.05) is 6.54 Å². The third kappa shape index (κ3) is 6.56. The zero-order valence-corrected chi connectivity index (χ0v) is 11.7. The Morgan fingerprint density at radius 1 is 1.35 bits per heavy atom. The van der Waals surface area contributed by atoms with E-state index in [1.807, 2.05) is 0 Å². The van der Waals surface area contributed by atoms with Crippen LogP contribution in [0.1, 0.15) is 39.0 Å². The van der Waals surface area contributed by atoms with Crippen molar-refractivity contribution in [3.05, 3.63) is 0 Å². The second-order valence-electron chi connectivity index (χ2n) is 5.57. The van der Waals surface area contributed by atoms with Crippen molar-refractivity contribution in [1.82, 2.24) is 10.6 Å². The number of halogens is 3. The Labute approximate surface area is 117 Å².